The van der Waals surface area contributed by atoms with Crippen molar-refractivity contribution in [2.45, 2.75) is 129 Å². The Hall–Kier alpha value is -1.31. The molecule has 0 saturated carbocycles. The van der Waals surface area contributed by atoms with Gasteiger partial charge in [0.15, 0.2) is 0 Å². The maximum absolute atomic E-state index is 12.3. The molecule has 0 aliphatic rings. The van der Waals surface area contributed by atoms with Crippen LogP contribution >= 0.6 is 0 Å². The number of unbranched alkanes of at least 4 members (excludes halogenated alkanes) is 15. The standard InChI is InChI=1S/C28H48O2/c1-3-5-6-7-8-9-10-11-12-13-14-15-16-17-18-22-25-30-28(29)27(4-2)26-23-20-19-21-24-26/h19-21,23-24,27H,3-18,22,25H2,1-2H3. The van der Waals surface area contributed by atoms with Gasteiger partial charge in [-0.05, 0) is 18.4 Å². The number of benzene rings is 1. The lowest BCUT2D eigenvalue weighted by atomic mass is 9.97. The van der Waals surface area contributed by atoms with E-state index in [2.05, 4.69) is 6.92 Å². The molecule has 0 fully saturated rings. The van der Waals surface area contributed by atoms with Gasteiger partial charge >= 0.3 is 5.97 Å². The lowest BCUT2D eigenvalue weighted by Gasteiger charge is -2.14. The van der Waals surface area contributed by atoms with Gasteiger partial charge in [-0.15, -0.1) is 0 Å². The van der Waals surface area contributed by atoms with Crippen LogP contribution in [0.4, 0.5) is 0 Å². The summed E-state index contributed by atoms with van der Waals surface area (Å²) in [4.78, 5) is 12.3. The minimum absolute atomic E-state index is 0.0651. The lowest BCUT2D eigenvalue weighted by Crippen LogP contribution is -2.16. The van der Waals surface area contributed by atoms with Gasteiger partial charge in [0, 0.05) is 0 Å². The number of rotatable bonds is 20. The molecular formula is C28H48O2. The van der Waals surface area contributed by atoms with E-state index in [0.29, 0.717) is 6.61 Å². The van der Waals surface area contributed by atoms with E-state index in [9.17, 15) is 4.79 Å². The number of hydrogen-bond donors (Lipinski definition) is 0. The molecule has 0 aromatic heterocycles. The van der Waals surface area contributed by atoms with Crippen molar-refractivity contribution in [3.63, 3.8) is 0 Å². The summed E-state index contributed by atoms with van der Waals surface area (Å²) >= 11 is 0. The third-order valence-electron chi connectivity index (χ3n) is 6.14. The van der Waals surface area contributed by atoms with Crippen molar-refractivity contribution in [2.75, 3.05) is 6.61 Å². The Bertz CT molecular complexity index is 497. The largest absolute Gasteiger partial charge is 0.465 e. The highest BCUT2D eigenvalue weighted by Crippen LogP contribution is 2.21. The summed E-state index contributed by atoms with van der Waals surface area (Å²) in [5.41, 5.74) is 1.07. The van der Waals surface area contributed by atoms with Gasteiger partial charge in [-0.3, -0.25) is 4.79 Å². The zero-order valence-corrected chi connectivity index (χ0v) is 20.0. The molecule has 2 nitrogen and oxygen atoms in total. The van der Waals surface area contributed by atoms with Gasteiger partial charge in [-0.1, -0.05) is 140 Å². The summed E-state index contributed by atoms with van der Waals surface area (Å²) in [5.74, 6) is -0.183. The van der Waals surface area contributed by atoms with Gasteiger partial charge in [0.05, 0.1) is 12.5 Å². The third-order valence-corrected chi connectivity index (χ3v) is 6.14. The highest BCUT2D eigenvalue weighted by molar-refractivity contribution is 5.78. The summed E-state index contributed by atoms with van der Waals surface area (Å²) in [6, 6.07) is 9.99. The number of carbonyl (C=O) groups excluding carboxylic acids is 1. The predicted octanol–water partition coefficient (Wildman–Crippen LogP) is 8.98. The van der Waals surface area contributed by atoms with Crippen LogP contribution < -0.4 is 0 Å². The summed E-state index contributed by atoms with van der Waals surface area (Å²) < 4.78 is 5.53. The molecule has 2 heteroatoms. The molecule has 1 aromatic carbocycles. The zero-order chi connectivity index (χ0) is 21.7. The van der Waals surface area contributed by atoms with Crippen molar-refractivity contribution >= 4 is 5.97 Å². The van der Waals surface area contributed by atoms with E-state index in [4.69, 9.17) is 4.74 Å². The smallest absolute Gasteiger partial charge is 0.313 e. The quantitative estimate of drug-likeness (QED) is 0.156. The Morgan fingerprint density at radius 2 is 1.10 bits per heavy atom. The van der Waals surface area contributed by atoms with Gasteiger partial charge in [-0.25, -0.2) is 0 Å². The summed E-state index contributed by atoms with van der Waals surface area (Å²) in [6.45, 7) is 4.90. The minimum Gasteiger partial charge on any atom is -0.465 e. The molecule has 0 heterocycles. The van der Waals surface area contributed by atoms with E-state index < -0.39 is 0 Å². The van der Waals surface area contributed by atoms with Gasteiger partial charge < -0.3 is 4.74 Å². The fraction of sp³-hybridized carbons (Fsp3) is 0.750. The first-order valence-corrected chi connectivity index (χ1v) is 13.0. The molecule has 172 valence electrons. The Balaban J connectivity index is 1.86. The van der Waals surface area contributed by atoms with Crippen molar-refractivity contribution < 1.29 is 9.53 Å². The van der Waals surface area contributed by atoms with E-state index in [1.54, 1.807) is 0 Å². The minimum atomic E-state index is -0.118. The van der Waals surface area contributed by atoms with Crippen LogP contribution in [-0.4, -0.2) is 12.6 Å². The summed E-state index contributed by atoms with van der Waals surface area (Å²) in [7, 11) is 0. The van der Waals surface area contributed by atoms with Crippen molar-refractivity contribution in [3.8, 4) is 0 Å². The third kappa shape index (κ3) is 13.8. The van der Waals surface area contributed by atoms with Crippen LogP contribution in [0.2, 0.25) is 0 Å². The van der Waals surface area contributed by atoms with Gasteiger partial charge in [-0.2, -0.15) is 0 Å². The molecule has 0 amide bonds. The molecular weight excluding hydrogens is 368 g/mol. The second kappa shape index (κ2) is 19.6. The van der Waals surface area contributed by atoms with Gasteiger partial charge in [0.1, 0.15) is 0 Å². The maximum Gasteiger partial charge on any atom is 0.313 e. The van der Waals surface area contributed by atoms with Gasteiger partial charge in [0.25, 0.3) is 0 Å². The van der Waals surface area contributed by atoms with Crippen LogP contribution in [0.1, 0.15) is 134 Å². The number of ether oxygens (including phenoxy) is 1. The fourth-order valence-electron chi connectivity index (χ4n) is 4.15. The average Bonchev–Trinajstić information content (AvgIpc) is 2.77. The van der Waals surface area contributed by atoms with Crippen LogP contribution in [0.5, 0.6) is 0 Å². The molecule has 0 N–H and O–H groups in total. The maximum atomic E-state index is 12.3. The molecule has 1 aromatic rings. The van der Waals surface area contributed by atoms with Crippen LogP contribution in [0.25, 0.3) is 0 Å². The molecule has 1 unspecified atom stereocenters. The van der Waals surface area contributed by atoms with Crippen LogP contribution in [0, 0.1) is 0 Å². The van der Waals surface area contributed by atoms with Crippen molar-refractivity contribution in [3.05, 3.63) is 35.9 Å². The van der Waals surface area contributed by atoms with E-state index in [0.717, 1.165) is 18.4 Å². The number of carbonyl (C=O) groups is 1. The predicted molar refractivity (Wildman–Crippen MR) is 130 cm³/mol. The second-order valence-electron chi connectivity index (χ2n) is 8.84. The lowest BCUT2D eigenvalue weighted by molar-refractivity contribution is -0.145. The van der Waals surface area contributed by atoms with Crippen LogP contribution in [0.3, 0.4) is 0 Å². The molecule has 30 heavy (non-hydrogen) atoms. The molecule has 0 saturated heterocycles. The first kappa shape index (κ1) is 26.7. The van der Waals surface area contributed by atoms with E-state index in [1.165, 1.54) is 96.3 Å². The molecule has 1 atom stereocenters. The average molecular weight is 417 g/mol. The molecule has 0 aliphatic heterocycles. The van der Waals surface area contributed by atoms with Crippen LogP contribution in [-0.2, 0) is 9.53 Å². The molecule has 0 spiro atoms. The van der Waals surface area contributed by atoms with Crippen molar-refractivity contribution in [1.82, 2.24) is 0 Å². The first-order valence-electron chi connectivity index (χ1n) is 13.0. The van der Waals surface area contributed by atoms with E-state index in [-0.39, 0.29) is 11.9 Å². The van der Waals surface area contributed by atoms with Crippen LogP contribution in [0.15, 0.2) is 30.3 Å². The molecule has 1 rings (SSSR count). The Labute approximate surface area is 187 Å². The summed E-state index contributed by atoms with van der Waals surface area (Å²) in [5, 5.41) is 0. The van der Waals surface area contributed by atoms with Crippen molar-refractivity contribution in [1.29, 1.82) is 0 Å². The molecule has 0 radical (unpaired) electrons. The number of hydrogen-bond acceptors (Lipinski definition) is 2. The highest BCUT2D eigenvalue weighted by Gasteiger charge is 2.19. The topological polar surface area (TPSA) is 26.3 Å². The Kier molecular flexibility index (Phi) is 17.5. The SMILES string of the molecule is CCCCCCCCCCCCCCCCCCOC(=O)C(CC)c1ccccc1. The molecule has 0 aliphatic carbocycles. The zero-order valence-electron chi connectivity index (χ0n) is 20.0. The fourth-order valence-corrected chi connectivity index (χ4v) is 4.15. The monoisotopic (exact) mass is 416 g/mol. The highest BCUT2D eigenvalue weighted by atomic mass is 16.5. The second-order valence-corrected chi connectivity index (χ2v) is 8.84. The Morgan fingerprint density at radius 3 is 1.53 bits per heavy atom. The molecule has 0 bridgehead atoms. The van der Waals surface area contributed by atoms with Gasteiger partial charge in [0.2, 0.25) is 0 Å². The van der Waals surface area contributed by atoms with E-state index >= 15 is 0 Å². The number of esters is 1. The first-order chi connectivity index (χ1) is 14.8. The summed E-state index contributed by atoms with van der Waals surface area (Å²) in [6.07, 6.45) is 22.5. The van der Waals surface area contributed by atoms with Crippen molar-refractivity contribution in [2.24, 2.45) is 0 Å². The Morgan fingerprint density at radius 1 is 0.667 bits per heavy atom. The normalized spacial score (nSPS) is 12.1. The van der Waals surface area contributed by atoms with E-state index in [1.807, 2.05) is 37.3 Å².